The molecule has 0 atom stereocenters. The van der Waals surface area contributed by atoms with Crippen molar-refractivity contribution in [1.29, 1.82) is 0 Å². The number of hydrogen-bond acceptors (Lipinski definition) is 2. The van der Waals surface area contributed by atoms with Crippen molar-refractivity contribution in [3.8, 4) is 0 Å². The molecule has 0 radical (unpaired) electrons. The van der Waals surface area contributed by atoms with E-state index in [1.807, 2.05) is 31.2 Å². The summed E-state index contributed by atoms with van der Waals surface area (Å²) in [5.41, 5.74) is 3.42. The van der Waals surface area contributed by atoms with Crippen molar-refractivity contribution in [2.24, 2.45) is 4.99 Å². The Bertz CT molecular complexity index is 599. The van der Waals surface area contributed by atoms with Crippen molar-refractivity contribution in [3.63, 3.8) is 0 Å². The van der Waals surface area contributed by atoms with Gasteiger partial charge in [0.05, 0.1) is 12.2 Å². The van der Waals surface area contributed by atoms with Crippen molar-refractivity contribution < 1.29 is 0 Å². The zero-order chi connectivity index (χ0) is 15.6. The van der Waals surface area contributed by atoms with Crippen LogP contribution in [0.4, 0.5) is 0 Å². The first-order valence-corrected chi connectivity index (χ1v) is 7.69. The molecule has 0 unspecified atom stereocenters. The Balaban J connectivity index is 0.00000264. The van der Waals surface area contributed by atoms with E-state index in [9.17, 15) is 0 Å². The third-order valence-electron chi connectivity index (χ3n) is 3.38. The second-order valence-corrected chi connectivity index (χ2v) is 5.21. The van der Waals surface area contributed by atoms with Gasteiger partial charge in [-0.1, -0.05) is 36.4 Å². The number of aliphatic imine (C=N–C) groups is 1. The Morgan fingerprint density at radius 3 is 2.52 bits per heavy atom. The SMILES string of the molecule is CN=C(NCCCc1ccccc1)NCc1cccc(C)n1.I. The van der Waals surface area contributed by atoms with Crippen molar-refractivity contribution in [2.75, 3.05) is 13.6 Å². The zero-order valence-electron chi connectivity index (χ0n) is 13.7. The van der Waals surface area contributed by atoms with Crippen molar-refractivity contribution >= 4 is 29.9 Å². The third kappa shape index (κ3) is 7.45. The summed E-state index contributed by atoms with van der Waals surface area (Å²) in [5.74, 6) is 0.816. The summed E-state index contributed by atoms with van der Waals surface area (Å²) in [4.78, 5) is 8.71. The van der Waals surface area contributed by atoms with Crippen LogP contribution in [0.5, 0.6) is 0 Å². The van der Waals surface area contributed by atoms with Crippen LogP contribution in [0.15, 0.2) is 53.5 Å². The van der Waals surface area contributed by atoms with Gasteiger partial charge < -0.3 is 10.6 Å². The van der Waals surface area contributed by atoms with E-state index in [0.29, 0.717) is 6.54 Å². The Labute approximate surface area is 155 Å². The monoisotopic (exact) mass is 424 g/mol. The molecule has 1 aromatic heterocycles. The molecule has 0 aliphatic heterocycles. The summed E-state index contributed by atoms with van der Waals surface area (Å²) in [7, 11) is 1.79. The summed E-state index contributed by atoms with van der Waals surface area (Å²) in [6.45, 7) is 3.58. The number of aromatic nitrogens is 1. The van der Waals surface area contributed by atoms with Crippen LogP contribution in [-0.2, 0) is 13.0 Å². The fraction of sp³-hybridized carbons (Fsp3) is 0.333. The normalized spacial score (nSPS) is 10.8. The van der Waals surface area contributed by atoms with Crippen molar-refractivity contribution in [2.45, 2.75) is 26.3 Å². The maximum absolute atomic E-state index is 4.47. The topological polar surface area (TPSA) is 49.3 Å². The molecular weight excluding hydrogens is 399 g/mol. The molecule has 0 aliphatic carbocycles. The molecule has 0 saturated heterocycles. The number of pyridine rings is 1. The third-order valence-corrected chi connectivity index (χ3v) is 3.38. The zero-order valence-corrected chi connectivity index (χ0v) is 16.1. The van der Waals surface area contributed by atoms with Crippen LogP contribution >= 0.6 is 24.0 Å². The number of aryl methyl sites for hydroxylation is 2. The van der Waals surface area contributed by atoms with Gasteiger partial charge in [0, 0.05) is 19.3 Å². The van der Waals surface area contributed by atoms with E-state index in [4.69, 9.17) is 0 Å². The number of guanidine groups is 1. The molecule has 0 spiro atoms. The van der Waals surface area contributed by atoms with Gasteiger partial charge in [0.25, 0.3) is 0 Å². The molecule has 0 bridgehead atoms. The number of rotatable bonds is 6. The van der Waals surface area contributed by atoms with Gasteiger partial charge in [-0.3, -0.25) is 9.98 Å². The standard InChI is InChI=1S/C18H24N4.HI/c1-15-8-6-12-17(22-15)14-21-18(19-2)20-13-7-11-16-9-4-3-5-10-16;/h3-6,8-10,12H,7,11,13-14H2,1-2H3,(H2,19,20,21);1H. The van der Waals surface area contributed by atoms with Gasteiger partial charge in [-0.25, -0.2) is 0 Å². The molecule has 1 aromatic carbocycles. The highest BCUT2D eigenvalue weighted by atomic mass is 127. The number of halogens is 1. The van der Waals surface area contributed by atoms with E-state index in [0.717, 1.165) is 36.7 Å². The highest BCUT2D eigenvalue weighted by molar-refractivity contribution is 14.0. The lowest BCUT2D eigenvalue weighted by atomic mass is 10.1. The average Bonchev–Trinajstić information content (AvgIpc) is 2.55. The molecule has 1 heterocycles. The molecule has 0 fully saturated rings. The van der Waals surface area contributed by atoms with Crippen LogP contribution in [-0.4, -0.2) is 24.5 Å². The number of nitrogens with one attached hydrogen (secondary N) is 2. The molecule has 2 aromatic rings. The van der Waals surface area contributed by atoms with Gasteiger partial charge in [-0.05, 0) is 37.5 Å². The van der Waals surface area contributed by atoms with Crippen LogP contribution in [0.1, 0.15) is 23.4 Å². The molecule has 124 valence electrons. The fourth-order valence-corrected chi connectivity index (χ4v) is 2.24. The summed E-state index contributed by atoms with van der Waals surface area (Å²) in [6.07, 6.45) is 2.15. The Morgan fingerprint density at radius 1 is 1.04 bits per heavy atom. The van der Waals surface area contributed by atoms with Crippen LogP contribution in [0, 0.1) is 6.92 Å². The first kappa shape index (κ1) is 19.4. The number of benzene rings is 1. The van der Waals surface area contributed by atoms with Gasteiger partial charge in [0.15, 0.2) is 5.96 Å². The minimum atomic E-state index is 0. The smallest absolute Gasteiger partial charge is 0.191 e. The lowest BCUT2D eigenvalue weighted by Crippen LogP contribution is -2.37. The average molecular weight is 424 g/mol. The molecule has 4 nitrogen and oxygen atoms in total. The van der Waals surface area contributed by atoms with Crippen molar-refractivity contribution in [1.82, 2.24) is 15.6 Å². The van der Waals surface area contributed by atoms with Crippen LogP contribution < -0.4 is 10.6 Å². The maximum atomic E-state index is 4.47. The van der Waals surface area contributed by atoms with E-state index in [1.54, 1.807) is 7.05 Å². The molecule has 0 aliphatic rings. The van der Waals surface area contributed by atoms with Crippen molar-refractivity contribution in [3.05, 3.63) is 65.5 Å². The summed E-state index contributed by atoms with van der Waals surface area (Å²) in [5, 5.41) is 6.62. The van der Waals surface area contributed by atoms with E-state index >= 15 is 0 Å². The molecule has 0 saturated carbocycles. The van der Waals surface area contributed by atoms with Gasteiger partial charge in [0.1, 0.15) is 0 Å². The van der Waals surface area contributed by atoms with Crippen LogP contribution in [0.25, 0.3) is 0 Å². The second kappa shape index (κ2) is 11.0. The Hall–Kier alpha value is -1.63. The molecule has 2 rings (SSSR count). The predicted octanol–water partition coefficient (Wildman–Crippen LogP) is 3.31. The summed E-state index contributed by atoms with van der Waals surface area (Å²) < 4.78 is 0. The molecule has 2 N–H and O–H groups in total. The van der Waals surface area contributed by atoms with Gasteiger partial charge in [-0.15, -0.1) is 24.0 Å². The Kier molecular flexibility index (Phi) is 9.28. The van der Waals surface area contributed by atoms with E-state index < -0.39 is 0 Å². The van der Waals surface area contributed by atoms with Gasteiger partial charge >= 0.3 is 0 Å². The highest BCUT2D eigenvalue weighted by Crippen LogP contribution is 2.01. The van der Waals surface area contributed by atoms with E-state index in [-0.39, 0.29) is 24.0 Å². The largest absolute Gasteiger partial charge is 0.356 e. The van der Waals surface area contributed by atoms with Crippen LogP contribution in [0.3, 0.4) is 0 Å². The first-order chi connectivity index (χ1) is 10.8. The van der Waals surface area contributed by atoms with E-state index in [1.165, 1.54) is 5.56 Å². The minimum Gasteiger partial charge on any atom is -0.356 e. The quantitative estimate of drug-likeness (QED) is 0.324. The summed E-state index contributed by atoms with van der Waals surface area (Å²) in [6, 6.07) is 16.6. The highest BCUT2D eigenvalue weighted by Gasteiger charge is 1.99. The van der Waals surface area contributed by atoms with Gasteiger partial charge in [0.2, 0.25) is 0 Å². The minimum absolute atomic E-state index is 0. The first-order valence-electron chi connectivity index (χ1n) is 7.69. The maximum Gasteiger partial charge on any atom is 0.191 e. The number of hydrogen-bond donors (Lipinski definition) is 2. The van der Waals surface area contributed by atoms with E-state index in [2.05, 4.69) is 44.9 Å². The summed E-state index contributed by atoms with van der Waals surface area (Å²) >= 11 is 0. The molecule has 5 heteroatoms. The fourth-order valence-electron chi connectivity index (χ4n) is 2.24. The second-order valence-electron chi connectivity index (χ2n) is 5.21. The Morgan fingerprint density at radius 2 is 1.83 bits per heavy atom. The van der Waals surface area contributed by atoms with Crippen LogP contribution in [0.2, 0.25) is 0 Å². The predicted molar refractivity (Wildman–Crippen MR) is 107 cm³/mol. The lowest BCUT2D eigenvalue weighted by molar-refractivity contribution is 0.737. The molecule has 0 amide bonds. The number of nitrogens with zero attached hydrogens (tertiary/aromatic N) is 2. The van der Waals surface area contributed by atoms with Gasteiger partial charge in [-0.2, -0.15) is 0 Å². The lowest BCUT2D eigenvalue weighted by Gasteiger charge is -2.11. The molecule has 23 heavy (non-hydrogen) atoms. The molecular formula is C18H25IN4.